The fraction of sp³-hybridized carbons (Fsp3) is 0.227. The highest BCUT2D eigenvalue weighted by molar-refractivity contribution is 7.98. The van der Waals surface area contributed by atoms with Crippen molar-refractivity contribution < 1.29 is 23.6 Å². The summed E-state index contributed by atoms with van der Waals surface area (Å²) in [5.41, 5.74) is 1.72. The van der Waals surface area contributed by atoms with Crippen LogP contribution >= 0.6 is 11.8 Å². The Morgan fingerprint density at radius 3 is 2.61 bits per heavy atom. The molecule has 0 bridgehead atoms. The standard InChI is InChI=1S/C22H21N3O5S/c1-13-11-16(25-30-13)12-31-21-18(8-6-10-23-21)22(28)29-15(3)20(27)24-19-9-5-4-7-17(19)14(2)26/h4-11,15H,12H2,1-3H3,(H,24,27). The van der Waals surface area contributed by atoms with E-state index in [2.05, 4.69) is 15.5 Å². The molecule has 0 saturated heterocycles. The van der Waals surface area contributed by atoms with E-state index in [1.165, 1.54) is 25.6 Å². The largest absolute Gasteiger partial charge is 0.449 e. The molecule has 1 atom stereocenters. The van der Waals surface area contributed by atoms with Crippen molar-refractivity contribution in [3.63, 3.8) is 0 Å². The smallest absolute Gasteiger partial charge is 0.341 e. The minimum absolute atomic E-state index is 0.181. The van der Waals surface area contributed by atoms with Gasteiger partial charge in [0.05, 0.1) is 16.9 Å². The van der Waals surface area contributed by atoms with Gasteiger partial charge in [0.25, 0.3) is 5.91 Å². The molecule has 0 radical (unpaired) electrons. The predicted molar refractivity (Wildman–Crippen MR) is 115 cm³/mol. The summed E-state index contributed by atoms with van der Waals surface area (Å²) in [6.07, 6.45) is 0.492. The minimum atomic E-state index is -1.08. The highest BCUT2D eigenvalue weighted by Gasteiger charge is 2.22. The van der Waals surface area contributed by atoms with Gasteiger partial charge in [0.2, 0.25) is 0 Å². The number of Topliss-reactive ketones (excluding diaryl/α,β-unsaturated/α-hetero) is 1. The van der Waals surface area contributed by atoms with Gasteiger partial charge in [0.1, 0.15) is 10.8 Å². The first-order valence-electron chi connectivity index (χ1n) is 9.47. The lowest BCUT2D eigenvalue weighted by molar-refractivity contribution is -0.123. The molecule has 3 rings (SSSR count). The summed E-state index contributed by atoms with van der Waals surface area (Å²) in [5, 5.41) is 7.02. The topological polar surface area (TPSA) is 111 Å². The van der Waals surface area contributed by atoms with Crippen LogP contribution in [0.5, 0.6) is 0 Å². The van der Waals surface area contributed by atoms with Gasteiger partial charge >= 0.3 is 5.97 Å². The summed E-state index contributed by atoms with van der Waals surface area (Å²) in [4.78, 5) is 41.2. The summed E-state index contributed by atoms with van der Waals surface area (Å²) >= 11 is 1.31. The number of aromatic nitrogens is 2. The second-order valence-electron chi connectivity index (χ2n) is 6.71. The molecule has 0 aliphatic rings. The summed E-state index contributed by atoms with van der Waals surface area (Å²) in [5.74, 6) is -0.234. The summed E-state index contributed by atoms with van der Waals surface area (Å²) in [6, 6.07) is 11.6. The Labute approximate surface area is 183 Å². The number of thioether (sulfide) groups is 1. The molecular weight excluding hydrogens is 418 g/mol. The van der Waals surface area contributed by atoms with Gasteiger partial charge in [0, 0.05) is 23.6 Å². The SMILES string of the molecule is CC(=O)c1ccccc1NC(=O)C(C)OC(=O)c1cccnc1SCc1cc(C)on1. The number of para-hydroxylation sites is 1. The number of ketones is 1. The van der Waals surface area contributed by atoms with Crippen LogP contribution in [0.15, 0.2) is 58.2 Å². The van der Waals surface area contributed by atoms with Crippen molar-refractivity contribution in [3.05, 3.63) is 71.2 Å². The molecule has 0 aliphatic heterocycles. The average molecular weight is 439 g/mol. The van der Waals surface area contributed by atoms with E-state index in [0.29, 0.717) is 27.8 Å². The number of hydrogen-bond donors (Lipinski definition) is 1. The second kappa shape index (κ2) is 10.0. The lowest BCUT2D eigenvalue weighted by atomic mass is 10.1. The van der Waals surface area contributed by atoms with Crippen molar-refractivity contribution in [2.24, 2.45) is 0 Å². The minimum Gasteiger partial charge on any atom is -0.449 e. The van der Waals surface area contributed by atoms with Crippen LogP contribution in [0.25, 0.3) is 0 Å². The van der Waals surface area contributed by atoms with Crippen LogP contribution in [0.4, 0.5) is 5.69 Å². The molecule has 2 aromatic heterocycles. The third kappa shape index (κ3) is 5.79. The van der Waals surface area contributed by atoms with Crippen molar-refractivity contribution in [2.45, 2.75) is 37.7 Å². The van der Waals surface area contributed by atoms with Gasteiger partial charge in [-0.2, -0.15) is 0 Å². The maximum atomic E-state index is 12.7. The number of anilines is 1. The number of carbonyl (C=O) groups is 3. The fourth-order valence-corrected chi connectivity index (χ4v) is 3.56. The van der Waals surface area contributed by atoms with Gasteiger partial charge in [-0.15, -0.1) is 0 Å². The number of aryl methyl sites for hydroxylation is 1. The van der Waals surface area contributed by atoms with Crippen LogP contribution in [0.3, 0.4) is 0 Å². The Morgan fingerprint density at radius 2 is 1.90 bits per heavy atom. The molecule has 1 unspecified atom stereocenters. The molecule has 3 aromatic rings. The molecule has 160 valence electrons. The lowest BCUT2D eigenvalue weighted by Gasteiger charge is -2.15. The summed E-state index contributed by atoms with van der Waals surface area (Å²) in [7, 11) is 0. The molecular formula is C22H21N3O5S. The van der Waals surface area contributed by atoms with Gasteiger partial charge in [-0.3, -0.25) is 9.59 Å². The molecule has 2 heterocycles. The fourth-order valence-electron chi connectivity index (χ4n) is 2.70. The number of carbonyl (C=O) groups excluding carboxylic acids is 3. The molecule has 8 nitrogen and oxygen atoms in total. The summed E-state index contributed by atoms with van der Waals surface area (Å²) < 4.78 is 10.4. The van der Waals surface area contributed by atoms with Gasteiger partial charge in [-0.25, -0.2) is 9.78 Å². The van der Waals surface area contributed by atoms with Crippen molar-refractivity contribution >= 4 is 35.1 Å². The van der Waals surface area contributed by atoms with E-state index in [0.717, 1.165) is 5.69 Å². The molecule has 1 amide bonds. The highest BCUT2D eigenvalue weighted by atomic mass is 32.2. The Kier molecular flexibility index (Phi) is 7.19. The number of hydrogen-bond acceptors (Lipinski definition) is 8. The number of rotatable bonds is 8. The Morgan fingerprint density at radius 1 is 1.16 bits per heavy atom. The first kappa shape index (κ1) is 22.2. The number of nitrogens with zero attached hydrogens (tertiary/aromatic N) is 2. The highest BCUT2D eigenvalue weighted by Crippen LogP contribution is 2.25. The zero-order chi connectivity index (χ0) is 22.4. The van der Waals surface area contributed by atoms with Gasteiger partial charge in [-0.05, 0) is 45.0 Å². The van der Waals surface area contributed by atoms with Crippen LogP contribution < -0.4 is 5.32 Å². The number of amides is 1. The number of nitrogens with one attached hydrogen (secondary N) is 1. The molecule has 1 N–H and O–H groups in total. The molecule has 0 aliphatic carbocycles. The van der Waals surface area contributed by atoms with Crippen LogP contribution in [0.1, 0.15) is 46.0 Å². The van der Waals surface area contributed by atoms with E-state index in [9.17, 15) is 14.4 Å². The third-order valence-electron chi connectivity index (χ3n) is 4.24. The van der Waals surface area contributed by atoms with E-state index in [-0.39, 0.29) is 11.3 Å². The van der Waals surface area contributed by atoms with E-state index >= 15 is 0 Å². The van der Waals surface area contributed by atoms with Crippen LogP contribution in [0.2, 0.25) is 0 Å². The molecule has 0 saturated carbocycles. The van der Waals surface area contributed by atoms with E-state index in [4.69, 9.17) is 9.26 Å². The van der Waals surface area contributed by atoms with E-state index in [1.807, 2.05) is 0 Å². The molecule has 31 heavy (non-hydrogen) atoms. The first-order chi connectivity index (χ1) is 14.8. The molecule has 1 aromatic carbocycles. The number of pyridine rings is 1. The first-order valence-corrected chi connectivity index (χ1v) is 10.5. The van der Waals surface area contributed by atoms with Crippen LogP contribution in [-0.2, 0) is 15.3 Å². The second-order valence-corrected chi connectivity index (χ2v) is 7.68. The van der Waals surface area contributed by atoms with E-state index in [1.54, 1.807) is 55.6 Å². The maximum Gasteiger partial charge on any atom is 0.341 e. The zero-order valence-electron chi connectivity index (χ0n) is 17.2. The van der Waals surface area contributed by atoms with Gasteiger partial charge in [0.15, 0.2) is 11.9 Å². The van der Waals surface area contributed by atoms with Crippen molar-refractivity contribution in [1.29, 1.82) is 0 Å². The average Bonchev–Trinajstić information content (AvgIpc) is 3.17. The Bertz CT molecular complexity index is 1110. The van der Waals surface area contributed by atoms with Crippen molar-refractivity contribution in [3.8, 4) is 0 Å². The van der Waals surface area contributed by atoms with Gasteiger partial charge < -0.3 is 14.6 Å². The Hall–Kier alpha value is -3.46. The quantitative estimate of drug-likeness (QED) is 0.318. The lowest BCUT2D eigenvalue weighted by Crippen LogP contribution is -2.30. The molecule has 0 spiro atoms. The van der Waals surface area contributed by atoms with Gasteiger partial charge in [-0.1, -0.05) is 29.1 Å². The van der Waals surface area contributed by atoms with E-state index < -0.39 is 18.0 Å². The van der Waals surface area contributed by atoms with Crippen LogP contribution in [0, 0.1) is 6.92 Å². The maximum absolute atomic E-state index is 12.7. The monoisotopic (exact) mass is 439 g/mol. The zero-order valence-corrected chi connectivity index (χ0v) is 18.1. The Balaban J connectivity index is 1.66. The number of benzene rings is 1. The van der Waals surface area contributed by atoms with Crippen LogP contribution in [-0.4, -0.2) is 33.9 Å². The van der Waals surface area contributed by atoms with Crippen molar-refractivity contribution in [2.75, 3.05) is 5.32 Å². The predicted octanol–water partition coefficient (Wildman–Crippen LogP) is 4.06. The number of esters is 1. The molecule has 9 heteroatoms. The normalized spacial score (nSPS) is 11.6. The number of ether oxygens (including phenoxy) is 1. The van der Waals surface area contributed by atoms with Crippen molar-refractivity contribution in [1.82, 2.24) is 10.1 Å². The molecule has 0 fully saturated rings. The third-order valence-corrected chi connectivity index (χ3v) is 5.28. The summed E-state index contributed by atoms with van der Waals surface area (Å²) in [6.45, 7) is 4.67.